The van der Waals surface area contributed by atoms with Crippen molar-refractivity contribution in [3.8, 4) is 11.1 Å². The molecule has 0 aliphatic carbocycles. The van der Waals surface area contributed by atoms with Gasteiger partial charge in [0.05, 0.1) is 25.0 Å². The van der Waals surface area contributed by atoms with E-state index in [-0.39, 0.29) is 37.5 Å². The summed E-state index contributed by atoms with van der Waals surface area (Å²) < 4.78 is 48.7. The number of benzene rings is 2. The van der Waals surface area contributed by atoms with Gasteiger partial charge in [0.2, 0.25) is 16.0 Å². The van der Waals surface area contributed by atoms with Crippen LogP contribution in [0, 0.1) is 12.9 Å². The minimum Gasteiger partial charge on any atom is -0.465 e. The third-order valence-electron chi connectivity index (χ3n) is 8.67. The maximum atomic E-state index is 15.6. The number of nitrogens with zero attached hydrogens (tertiary/aromatic N) is 4. The number of amides is 2. The Morgan fingerprint density at radius 2 is 1.85 bits per heavy atom. The van der Waals surface area contributed by atoms with E-state index in [4.69, 9.17) is 4.74 Å². The number of ether oxygens (including phenoxy) is 1. The quantitative estimate of drug-likeness (QED) is 0.316. The molecule has 11 nitrogen and oxygen atoms in total. The highest BCUT2D eigenvalue weighted by atomic mass is 32.2. The Morgan fingerprint density at radius 3 is 2.54 bits per heavy atom. The summed E-state index contributed by atoms with van der Waals surface area (Å²) in [7, 11) is -4.14. The second-order valence-corrected chi connectivity index (χ2v) is 14.1. The molecule has 2 aromatic heterocycles. The second-order valence-electron chi connectivity index (χ2n) is 12.3. The molecule has 6 rings (SSSR count). The van der Waals surface area contributed by atoms with E-state index < -0.39 is 45.4 Å². The molecule has 2 aromatic carbocycles. The molecule has 2 N–H and O–H groups in total. The minimum atomic E-state index is -4.14. The zero-order valence-electron chi connectivity index (χ0n) is 25.7. The monoisotopic (exact) mass is 650 g/mol. The fourth-order valence-electron chi connectivity index (χ4n) is 6.33. The number of fused-ring (bicyclic) bond motifs is 2. The van der Waals surface area contributed by atoms with Gasteiger partial charge in [0.15, 0.2) is 5.65 Å². The van der Waals surface area contributed by atoms with Gasteiger partial charge in [-0.3, -0.25) is 9.69 Å². The summed E-state index contributed by atoms with van der Waals surface area (Å²) in [5.41, 5.74) is 2.67. The van der Waals surface area contributed by atoms with E-state index in [0.717, 1.165) is 11.1 Å². The first-order valence-corrected chi connectivity index (χ1v) is 16.6. The topological polar surface area (TPSA) is 142 Å². The summed E-state index contributed by atoms with van der Waals surface area (Å²) >= 11 is 0. The molecule has 4 heterocycles. The number of carbonyl (C=O) groups excluding carboxylic acids is 1. The van der Waals surface area contributed by atoms with E-state index in [0.29, 0.717) is 44.6 Å². The van der Waals surface area contributed by atoms with Gasteiger partial charge in [-0.1, -0.05) is 36.4 Å². The van der Waals surface area contributed by atoms with Crippen molar-refractivity contribution in [2.75, 3.05) is 26.3 Å². The normalized spacial score (nSPS) is 17.3. The van der Waals surface area contributed by atoms with Crippen molar-refractivity contribution >= 4 is 33.1 Å². The van der Waals surface area contributed by atoms with E-state index in [2.05, 4.69) is 4.98 Å². The summed E-state index contributed by atoms with van der Waals surface area (Å²) in [5.74, 6) is -1.74. The molecule has 242 valence electrons. The third kappa shape index (κ3) is 5.74. The average Bonchev–Trinajstić information content (AvgIpc) is 3.29. The number of hydrogen-bond acceptors (Lipinski definition) is 7. The first kappa shape index (κ1) is 31.6. The number of rotatable bonds is 6. The number of aromatic nitrogens is 2. The zero-order chi connectivity index (χ0) is 33.0. The number of pyridine rings is 1. The number of morpholine rings is 1. The fourth-order valence-corrected chi connectivity index (χ4v) is 7.86. The second kappa shape index (κ2) is 11.8. The Kier molecular flexibility index (Phi) is 8.11. The van der Waals surface area contributed by atoms with Gasteiger partial charge < -0.3 is 19.8 Å². The van der Waals surface area contributed by atoms with Crippen LogP contribution >= 0.6 is 0 Å². The molecule has 46 heavy (non-hydrogen) atoms. The maximum Gasteiger partial charge on any atom is 0.407 e. The van der Waals surface area contributed by atoms with Crippen LogP contribution in [0.25, 0.3) is 22.2 Å². The van der Waals surface area contributed by atoms with Gasteiger partial charge in [-0.05, 0) is 67.1 Å². The number of carbonyl (C=O) groups is 2. The lowest BCUT2D eigenvalue weighted by Crippen LogP contribution is -2.48. The predicted molar refractivity (Wildman–Crippen MR) is 168 cm³/mol. The molecule has 1 saturated heterocycles. The van der Waals surface area contributed by atoms with Gasteiger partial charge in [0.1, 0.15) is 5.60 Å². The molecule has 1 atom stereocenters. The Hall–Kier alpha value is -4.33. The first-order valence-electron chi connectivity index (χ1n) is 14.9. The first-order chi connectivity index (χ1) is 21.8. The molecule has 2 aliphatic heterocycles. The predicted octanol–water partition coefficient (Wildman–Crippen LogP) is 4.24. The van der Waals surface area contributed by atoms with Crippen molar-refractivity contribution in [1.29, 1.82) is 0 Å². The molecule has 4 aromatic rings. The minimum absolute atomic E-state index is 0.0219. The lowest BCUT2D eigenvalue weighted by molar-refractivity contribution is -0.148. The molecule has 1 unspecified atom stereocenters. The summed E-state index contributed by atoms with van der Waals surface area (Å²) in [5, 5.41) is 20.7. The lowest BCUT2D eigenvalue weighted by Gasteiger charge is -2.39. The van der Waals surface area contributed by atoms with Crippen molar-refractivity contribution in [3.63, 3.8) is 0 Å². The van der Waals surface area contributed by atoms with Crippen LogP contribution in [-0.4, -0.2) is 81.3 Å². The standard InChI is InChI=1S/C33H35FN4O7S/c1-20-25-15-24(16-35-30(25)38(29(20)34)46(43,44)19-21-7-5-4-6-8-21)23-13-22-9-10-36(31(39)33(2,3)42)17-27(22)26(14-23)28-18-45-12-11-37(28)32(40)41/h4-8,13-16,28,42H,9-12,17-19H2,1-3H3,(H,40,41). The van der Waals surface area contributed by atoms with E-state index in [9.17, 15) is 28.2 Å². The van der Waals surface area contributed by atoms with Crippen molar-refractivity contribution in [2.24, 2.45) is 0 Å². The van der Waals surface area contributed by atoms with Gasteiger partial charge in [0, 0.05) is 42.3 Å². The molecule has 0 saturated carbocycles. The van der Waals surface area contributed by atoms with Crippen LogP contribution in [0.2, 0.25) is 0 Å². The Morgan fingerprint density at radius 1 is 1.11 bits per heavy atom. The summed E-state index contributed by atoms with van der Waals surface area (Å²) in [6, 6.07) is 13.3. The van der Waals surface area contributed by atoms with E-state index in [1.807, 2.05) is 12.1 Å². The molecule has 2 aliphatic rings. The number of aliphatic hydroxyl groups is 1. The van der Waals surface area contributed by atoms with E-state index in [1.165, 1.54) is 31.9 Å². The van der Waals surface area contributed by atoms with Gasteiger partial charge in [-0.2, -0.15) is 8.36 Å². The highest BCUT2D eigenvalue weighted by Gasteiger charge is 2.36. The molecule has 0 bridgehead atoms. The van der Waals surface area contributed by atoms with Crippen LogP contribution in [-0.2, 0) is 38.3 Å². The number of carboxylic acid groups (broad SMARTS) is 1. The van der Waals surface area contributed by atoms with Crippen LogP contribution in [0.1, 0.15) is 47.7 Å². The van der Waals surface area contributed by atoms with Crippen LogP contribution in [0.5, 0.6) is 0 Å². The fraction of sp³-hybridized carbons (Fsp3) is 0.364. The van der Waals surface area contributed by atoms with Gasteiger partial charge >= 0.3 is 6.09 Å². The van der Waals surface area contributed by atoms with E-state index in [1.54, 1.807) is 41.3 Å². The molecular weight excluding hydrogens is 615 g/mol. The smallest absolute Gasteiger partial charge is 0.407 e. The molecule has 0 spiro atoms. The Bertz CT molecular complexity index is 1950. The average molecular weight is 651 g/mol. The van der Waals surface area contributed by atoms with Crippen LogP contribution < -0.4 is 0 Å². The Labute approximate surface area is 265 Å². The van der Waals surface area contributed by atoms with Crippen LogP contribution in [0.4, 0.5) is 9.18 Å². The van der Waals surface area contributed by atoms with Crippen molar-refractivity contribution < 1.29 is 37.3 Å². The molecule has 13 heteroatoms. The SMILES string of the molecule is Cc1c(F)n(S(=O)(=O)Cc2ccccc2)c2ncc(-c3cc4c(c(C5COCCN5C(=O)O)c3)CN(C(=O)C(C)(C)O)CC4)cc12. The number of halogens is 1. The third-order valence-corrected chi connectivity index (χ3v) is 10.3. The van der Waals surface area contributed by atoms with Gasteiger partial charge in [-0.15, -0.1) is 0 Å². The summed E-state index contributed by atoms with van der Waals surface area (Å²) in [4.78, 5) is 32.6. The van der Waals surface area contributed by atoms with Crippen molar-refractivity contribution in [1.82, 2.24) is 18.8 Å². The number of aryl methyl sites for hydroxylation is 1. The maximum absolute atomic E-state index is 15.6. The Balaban J connectivity index is 1.46. The van der Waals surface area contributed by atoms with E-state index >= 15 is 4.39 Å². The van der Waals surface area contributed by atoms with Crippen molar-refractivity contribution in [3.05, 3.63) is 88.5 Å². The lowest BCUT2D eigenvalue weighted by atomic mass is 9.86. The summed E-state index contributed by atoms with van der Waals surface area (Å²) in [6.07, 6.45) is 0.844. The molecule has 0 radical (unpaired) electrons. The molecule has 2 amide bonds. The highest BCUT2D eigenvalue weighted by molar-refractivity contribution is 7.89. The number of hydrogen-bond donors (Lipinski definition) is 2. The molecule has 1 fully saturated rings. The van der Waals surface area contributed by atoms with Crippen LogP contribution in [0.15, 0.2) is 54.7 Å². The zero-order valence-corrected chi connectivity index (χ0v) is 26.6. The van der Waals surface area contributed by atoms with Crippen molar-refractivity contribution in [2.45, 2.75) is 51.1 Å². The van der Waals surface area contributed by atoms with Gasteiger partial charge in [0.25, 0.3) is 5.91 Å². The van der Waals surface area contributed by atoms with Crippen LogP contribution in [0.3, 0.4) is 0 Å². The largest absolute Gasteiger partial charge is 0.465 e. The highest BCUT2D eigenvalue weighted by Crippen LogP contribution is 2.38. The molecular formula is C33H35FN4O7S. The summed E-state index contributed by atoms with van der Waals surface area (Å²) in [6.45, 7) is 5.45. The van der Waals surface area contributed by atoms with Gasteiger partial charge in [-0.25, -0.2) is 18.2 Å².